The monoisotopic (exact) mass is 313 g/mol. The standard InChI is InChI=1S/C17H15NO5/c1-2-22-17(21)15(14(19)12-8-4-3-5-9-12)23-16(20)13-10-6-7-11-18-13/h3-11,15H,2H2,1H3. The van der Waals surface area contributed by atoms with Crippen molar-refractivity contribution in [3.63, 3.8) is 0 Å². The minimum absolute atomic E-state index is 0.00246. The van der Waals surface area contributed by atoms with Crippen LogP contribution in [0, 0.1) is 0 Å². The second-order valence-electron chi connectivity index (χ2n) is 4.48. The molecule has 0 amide bonds. The Morgan fingerprint density at radius 1 is 1.04 bits per heavy atom. The van der Waals surface area contributed by atoms with Gasteiger partial charge in [-0.15, -0.1) is 0 Å². The Morgan fingerprint density at radius 3 is 2.35 bits per heavy atom. The summed E-state index contributed by atoms with van der Waals surface area (Å²) in [6, 6.07) is 12.8. The van der Waals surface area contributed by atoms with Crippen LogP contribution in [0.1, 0.15) is 27.8 Å². The van der Waals surface area contributed by atoms with E-state index in [4.69, 9.17) is 9.47 Å². The maximum atomic E-state index is 12.4. The quantitative estimate of drug-likeness (QED) is 0.461. The molecular formula is C17H15NO5. The lowest BCUT2D eigenvalue weighted by Crippen LogP contribution is -2.36. The summed E-state index contributed by atoms with van der Waals surface area (Å²) in [7, 11) is 0. The molecular weight excluding hydrogens is 298 g/mol. The molecule has 0 saturated heterocycles. The number of carbonyl (C=O) groups is 3. The molecule has 0 aliphatic carbocycles. The third kappa shape index (κ3) is 4.23. The van der Waals surface area contributed by atoms with Gasteiger partial charge in [-0.05, 0) is 19.1 Å². The van der Waals surface area contributed by atoms with Crippen molar-refractivity contribution >= 4 is 17.7 Å². The van der Waals surface area contributed by atoms with E-state index in [9.17, 15) is 14.4 Å². The molecule has 0 bridgehead atoms. The van der Waals surface area contributed by atoms with Crippen LogP contribution >= 0.6 is 0 Å². The van der Waals surface area contributed by atoms with Crippen molar-refractivity contribution in [3.05, 3.63) is 66.0 Å². The fraction of sp³-hybridized carbons (Fsp3) is 0.176. The summed E-state index contributed by atoms with van der Waals surface area (Å²) in [5.74, 6) is -2.42. The van der Waals surface area contributed by atoms with E-state index < -0.39 is 23.8 Å². The van der Waals surface area contributed by atoms with Gasteiger partial charge < -0.3 is 9.47 Å². The summed E-state index contributed by atoms with van der Waals surface area (Å²) in [6.45, 7) is 1.67. The number of hydrogen-bond acceptors (Lipinski definition) is 6. The highest BCUT2D eigenvalue weighted by molar-refractivity contribution is 6.12. The Morgan fingerprint density at radius 2 is 1.74 bits per heavy atom. The van der Waals surface area contributed by atoms with Crippen LogP contribution in [-0.4, -0.2) is 35.4 Å². The Hall–Kier alpha value is -3.02. The molecule has 0 aliphatic rings. The number of ketones is 1. The Labute approximate surface area is 133 Å². The number of pyridine rings is 1. The molecule has 23 heavy (non-hydrogen) atoms. The highest BCUT2D eigenvalue weighted by Crippen LogP contribution is 2.10. The summed E-state index contributed by atoms with van der Waals surface area (Å²) in [5, 5.41) is 0. The summed E-state index contributed by atoms with van der Waals surface area (Å²) >= 11 is 0. The lowest BCUT2D eigenvalue weighted by Gasteiger charge is -2.15. The normalized spacial score (nSPS) is 11.3. The molecule has 0 saturated carbocycles. The van der Waals surface area contributed by atoms with Crippen LogP contribution in [0.3, 0.4) is 0 Å². The first-order valence-corrected chi connectivity index (χ1v) is 7.01. The molecule has 2 rings (SSSR count). The second kappa shape index (κ2) is 7.84. The highest BCUT2D eigenvalue weighted by Gasteiger charge is 2.33. The number of hydrogen-bond donors (Lipinski definition) is 0. The van der Waals surface area contributed by atoms with Crippen molar-refractivity contribution < 1.29 is 23.9 Å². The zero-order valence-electron chi connectivity index (χ0n) is 12.5. The maximum Gasteiger partial charge on any atom is 0.358 e. The van der Waals surface area contributed by atoms with Gasteiger partial charge in [-0.3, -0.25) is 4.79 Å². The fourth-order valence-electron chi connectivity index (χ4n) is 1.83. The van der Waals surface area contributed by atoms with Crippen LogP contribution < -0.4 is 0 Å². The molecule has 0 spiro atoms. The fourth-order valence-corrected chi connectivity index (χ4v) is 1.83. The lowest BCUT2D eigenvalue weighted by molar-refractivity contribution is -0.150. The average molecular weight is 313 g/mol. The van der Waals surface area contributed by atoms with Crippen LogP contribution in [0.5, 0.6) is 0 Å². The van der Waals surface area contributed by atoms with Gasteiger partial charge in [-0.25, -0.2) is 14.6 Å². The van der Waals surface area contributed by atoms with Crippen LogP contribution in [0.2, 0.25) is 0 Å². The summed E-state index contributed by atoms with van der Waals surface area (Å²) in [5.41, 5.74) is 0.252. The molecule has 0 aliphatic heterocycles. The predicted molar refractivity (Wildman–Crippen MR) is 80.8 cm³/mol. The zero-order chi connectivity index (χ0) is 16.7. The van der Waals surface area contributed by atoms with Gasteiger partial charge in [0.1, 0.15) is 5.69 Å². The second-order valence-corrected chi connectivity index (χ2v) is 4.48. The van der Waals surface area contributed by atoms with E-state index in [1.165, 1.54) is 24.4 Å². The number of benzene rings is 1. The van der Waals surface area contributed by atoms with Gasteiger partial charge in [-0.1, -0.05) is 36.4 Å². The molecule has 0 fully saturated rings. The molecule has 1 atom stereocenters. The van der Waals surface area contributed by atoms with E-state index >= 15 is 0 Å². The molecule has 2 aromatic rings. The van der Waals surface area contributed by atoms with Gasteiger partial charge in [-0.2, -0.15) is 0 Å². The molecule has 6 nitrogen and oxygen atoms in total. The van der Waals surface area contributed by atoms with Gasteiger partial charge in [0, 0.05) is 11.8 Å². The summed E-state index contributed by atoms with van der Waals surface area (Å²) < 4.78 is 9.87. The van der Waals surface area contributed by atoms with Gasteiger partial charge in [0.05, 0.1) is 6.61 Å². The molecule has 1 aromatic heterocycles. The molecule has 118 valence electrons. The van der Waals surface area contributed by atoms with Crippen molar-refractivity contribution in [1.82, 2.24) is 4.98 Å². The van der Waals surface area contributed by atoms with Crippen molar-refractivity contribution in [2.75, 3.05) is 6.61 Å². The first kappa shape index (κ1) is 16.4. The number of aromatic nitrogens is 1. The van der Waals surface area contributed by atoms with Crippen molar-refractivity contribution in [2.24, 2.45) is 0 Å². The largest absolute Gasteiger partial charge is 0.463 e. The maximum absolute atomic E-state index is 12.4. The topological polar surface area (TPSA) is 82.6 Å². The average Bonchev–Trinajstić information content (AvgIpc) is 2.60. The van der Waals surface area contributed by atoms with Gasteiger partial charge in [0.15, 0.2) is 0 Å². The smallest absolute Gasteiger partial charge is 0.358 e. The van der Waals surface area contributed by atoms with Crippen LogP contribution in [0.25, 0.3) is 0 Å². The van der Waals surface area contributed by atoms with E-state index in [0.29, 0.717) is 0 Å². The zero-order valence-corrected chi connectivity index (χ0v) is 12.5. The van der Waals surface area contributed by atoms with E-state index in [1.54, 1.807) is 37.3 Å². The molecule has 0 radical (unpaired) electrons. The number of nitrogens with zero attached hydrogens (tertiary/aromatic N) is 1. The number of esters is 2. The minimum Gasteiger partial charge on any atom is -0.463 e. The molecule has 0 N–H and O–H groups in total. The SMILES string of the molecule is CCOC(=O)C(OC(=O)c1ccccn1)C(=O)c1ccccc1. The lowest BCUT2D eigenvalue weighted by atomic mass is 10.1. The van der Waals surface area contributed by atoms with Gasteiger partial charge in [0.2, 0.25) is 5.78 Å². The first-order valence-electron chi connectivity index (χ1n) is 7.01. The number of rotatable bonds is 6. The van der Waals surface area contributed by atoms with Crippen LogP contribution in [0.4, 0.5) is 0 Å². The molecule has 1 unspecified atom stereocenters. The Balaban J connectivity index is 2.23. The molecule has 1 heterocycles. The van der Waals surface area contributed by atoms with Crippen molar-refractivity contribution in [1.29, 1.82) is 0 Å². The van der Waals surface area contributed by atoms with E-state index in [-0.39, 0.29) is 17.9 Å². The third-order valence-corrected chi connectivity index (χ3v) is 2.90. The van der Waals surface area contributed by atoms with Crippen LogP contribution in [-0.2, 0) is 14.3 Å². The van der Waals surface area contributed by atoms with Gasteiger partial charge >= 0.3 is 11.9 Å². The molecule has 6 heteroatoms. The summed E-state index contributed by atoms with van der Waals surface area (Å²) in [4.78, 5) is 40.3. The van der Waals surface area contributed by atoms with Crippen LogP contribution in [0.15, 0.2) is 54.7 Å². The van der Waals surface area contributed by atoms with E-state index in [0.717, 1.165) is 0 Å². The predicted octanol–water partition coefficient (Wildman–Crippen LogP) is 2.05. The third-order valence-electron chi connectivity index (χ3n) is 2.90. The molecule has 1 aromatic carbocycles. The number of carbonyl (C=O) groups excluding carboxylic acids is 3. The van der Waals surface area contributed by atoms with Crippen molar-refractivity contribution in [3.8, 4) is 0 Å². The Kier molecular flexibility index (Phi) is 5.57. The highest BCUT2D eigenvalue weighted by atomic mass is 16.6. The first-order chi connectivity index (χ1) is 11.1. The Bertz CT molecular complexity index is 685. The number of ether oxygens (including phenoxy) is 2. The van der Waals surface area contributed by atoms with E-state index in [2.05, 4.69) is 4.98 Å². The summed E-state index contributed by atoms with van der Waals surface area (Å²) in [6.07, 6.45) is -0.249. The minimum atomic E-state index is -1.66. The van der Waals surface area contributed by atoms with Crippen molar-refractivity contribution in [2.45, 2.75) is 13.0 Å². The van der Waals surface area contributed by atoms with E-state index in [1.807, 2.05) is 0 Å². The van der Waals surface area contributed by atoms with Gasteiger partial charge in [0.25, 0.3) is 6.10 Å². The number of Topliss-reactive ketones (excluding diaryl/α,β-unsaturated/α-hetero) is 1.